The van der Waals surface area contributed by atoms with Crippen LogP contribution in [0.1, 0.15) is 28.8 Å². The van der Waals surface area contributed by atoms with Gasteiger partial charge in [0.25, 0.3) is 5.91 Å². The molecule has 0 fully saturated rings. The van der Waals surface area contributed by atoms with Crippen LogP contribution in [0.4, 0.5) is 5.69 Å². The van der Waals surface area contributed by atoms with Gasteiger partial charge in [-0.2, -0.15) is 0 Å². The molecule has 2 aromatic carbocycles. The molecule has 0 aliphatic heterocycles. The van der Waals surface area contributed by atoms with Gasteiger partial charge in [-0.25, -0.2) is 0 Å². The number of carbonyl (C=O) groups excluding carboxylic acids is 3. The van der Waals surface area contributed by atoms with Crippen molar-refractivity contribution < 1.29 is 19.1 Å². The van der Waals surface area contributed by atoms with E-state index in [0.29, 0.717) is 35.0 Å². The van der Waals surface area contributed by atoms with Crippen LogP contribution in [0.15, 0.2) is 42.5 Å². The first kappa shape index (κ1) is 22.2. The summed E-state index contributed by atoms with van der Waals surface area (Å²) in [6.45, 7) is 2.11. The largest absolute Gasteiger partial charge is 0.495 e. The van der Waals surface area contributed by atoms with Crippen molar-refractivity contribution in [3.05, 3.63) is 58.6 Å². The van der Waals surface area contributed by atoms with Gasteiger partial charge in [-0.1, -0.05) is 17.7 Å². The number of carbonyl (C=O) groups is 3. The number of anilines is 1. The fourth-order valence-electron chi connectivity index (χ4n) is 2.54. The van der Waals surface area contributed by atoms with Gasteiger partial charge in [0.05, 0.1) is 19.3 Å². The number of amides is 3. The highest BCUT2D eigenvalue weighted by molar-refractivity contribution is 6.30. The van der Waals surface area contributed by atoms with E-state index in [1.807, 2.05) is 13.0 Å². The van der Waals surface area contributed by atoms with Gasteiger partial charge in [0, 0.05) is 23.6 Å². The lowest BCUT2D eigenvalue weighted by molar-refractivity contribution is -0.124. The maximum atomic E-state index is 12.0. The smallest absolute Gasteiger partial charge is 0.251 e. The normalized spacial score (nSPS) is 10.2. The zero-order valence-corrected chi connectivity index (χ0v) is 17.1. The number of methoxy groups -OCH3 is 1. The van der Waals surface area contributed by atoms with Crippen molar-refractivity contribution in [2.24, 2.45) is 0 Å². The van der Waals surface area contributed by atoms with Gasteiger partial charge in [0.15, 0.2) is 0 Å². The molecule has 2 aromatic rings. The molecule has 0 saturated carbocycles. The Bertz CT molecular complexity index is 869. The van der Waals surface area contributed by atoms with Gasteiger partial charge in [0.1, 0.15) is 5.75 Å². The number of ether oxygens (including phenoxy) is 1. The summed E-state index contributed by atoms with van der Waals surface area (Å²) >= 11 is 5.79. The van der Waals surface area contributed by atoms with Gasteiger partial charge < -0.3 is 20.7 Å². The Morgan fingerprint density at radius 3 is 2.41 bits per heavy atom. The van der Waals surface area contributed by atoms with E-state index in [2.05, 4.69) is 16.0 Å². The van der Waals surface area contributed by atoms with Crippen molar-refractivity contribution in [1.82, 2.24) is 10.6 Å². The summed E-state index contributed by atoms with van der Waals surface area (Å²) in [6, 6.07) is 12.0. The summed E-state index contributed by atoms with van der Waals surface area (Å²) in [5.74, 6) is -0.296. The van der Waals surface area contributed by atoms with Crippen LogP contribution in [0.25, 0.3) is 0 Å². The Morgan fingerprint density at radius 1 is 1.00 bits per heavy atom. The number of benzene rings is 2. The first-order valence-electron chi connectivity index (χ1n) is 9.14. The number of hydrogen-bond acceptors (Lipinski definition) is 4. The Balaban J connectivity index is 1.66. The third-order valence-corrected chi connectivity index (χ3v) is 4.30. The molecule has 0 aromatic heterocycles. The van der Waals surface area contributed by atoms with E-state index in [9.17, 15) is 14.4 Å². The molecule has 0 atom stereocenters. The molecule has 0 radical (unpaired) electrons. The summed E-state index contributed by atoms with van der Waals surface area (Å²) < 4.78 is 5.21. The van der Waals surface area contributed by atoms with E-state index in [1.165, 1.54) is 7.11 Å². The van der Waals surface area contributed by atoms with Crippen molar-refractivity contribution in [1.29, 1.82) is 0 Å². The topological polar surface area (TPSA) is 96.5 Å². The summed E-state index contributed by atoms with van der Waals surface area (Å²) in [4.78, 5) is 35.9. The summed E-state index contributed by atoms with van der Waals surface area (Å²) in [7, 11) is 1.52. The lowest BCUT2D eigenvalue weighted by atomic mass is 10.2. The van der Waals surface area contributed by atoms with Crippen LogP contribution < -0.4 is 20.7 Å². The van der Waals surface area contributed by atoms with Crippen molar-refractivity contribution in [2.75, 3.05) is 25.5 Å². The van der Waals surface area contributed by atoms with Crippen molar-refractivity contribution in [3.63, 3.8) is 0 Å². The number of nitrogens with one attached hydrogen (secondary N) is 3. The second-order valence-electron chi connectivity index (χ2n) is 6.39. The van der Waals surface area contributed by atoms with Crippen molar-refractivity contribution in [2.45, 2.75) is 19.8 Å². The van der Waals surface area contributed by atoms with Crippen LogP contribution in [0.2, 0.25) is 5.02 Å². The van der Waals surface area contributed by atoms with Gasteiger partial charge in [-0.05, 0) is 55.3 Å². The van der Waals surface area contributed by atoms with E-state index in [1.54, 1.807) is 36.4 Å². The monoisotopic (exact) mass is 417 g/mol. The molecular formula is C21H24ClN3O4. The fraction of sp³-hybridized carbons (Fsp3) is 0.286. The van der Waals surface area contributed by atoms with Gasteiger partial charge in [0.2, 0.25) is 11.8 Å². The fourth-order valence-corrected chi connectivity index (χ4v) is 2.66. The molecule has 29 heavy (non-hydrogen) atoms. The van der Waals surface area contributed by atoms with E-state index in [-0.39, 0.29) is 30.7 Å². The summed E-state index contributed by atoms with van der Waals surface area (Å²) in [5.41, 5.74) is 2.03. The highest BCUT2D eigenvalue weighted by Gasteiger charge is 2.10. The molecular weight excluding hydrogens is 394 g/mol. The van der Waals surface area contributed by atoms with Gasteiger partial charge in [-0.15, -0.1) is 0 Å². The highest BCUT2D eigenvalue weighted by Crippen LogP contribution is 2.24. The van der Waals surface area contributed by atoms with Crippen LogP contribution in [-0.2, 0) is 9.59 Å². The SMILES string of the molecule is COc1ccc(C)cc1NC(=O)CNC(=O)CCCNC(=O)c1ccc(Cl)cc1. The lowest BCUT2D eigenvalue weighted by Crippen LogP contribution is -2.33. The van der Waals surface area contributed by atoms with Crippen LogP contribution in [0.5, 0.6) is 5.75 Å². The average molecular weight is 418 g/mol. The minimum Gasteiger partial charge on any atom is -0.495 e. The van der Waals surface area contributed by atoms with Crippen molar-refractivity contribution in [3.8, 4) is 5.75 Å². The number of halogens is 1. The van der Waals surface area contributed by atoms with E-state index in [4.69, 9.17) is 16.3 Å². The van der Waals surface area contributed by atoms with Crippen LogP contribution >= 0.6 is 11.6 Å². The average Bonchev–Trinajstić information content (AvgIpc) is 2.70. The standard InChI is InChI=1S/C21H24ClN3O4/c1-14-5-10-18(29-2)17(12-14)25-20(27)13-24-19(26)4-3-11-23-21(28)15-6-8-16(22)9-7-15/h5-10,12H,3-4,11,13H2,1-2H3,(H,23,28)(H,24,26)(H,25,27). The predicted octanol–water partition coefficient (Wildman–Crippen LogP) is 2.92. The minimum absolute atomic E-state index is 0.146. The van der Waals surface area contributed by atoms with Crippen LogP contribution in [0, 0.1) is 6.92 Å². The van der Waals surface area contributed by atoms with Crippen LogP contribution in [-0.4, -0.2) is 37.9 Å². The van der Waals surface area contributed by atoms with E-state index >= 15 is 0 Å². The second kappa shape index (κ2) is 11.1. The third-order valence-electron chi connectivity index (χ3n) is 4.05. The molecule has 0 spiro atoms. The first-order chi connectivity index (χ1) is 13.9. The van der Waals surface area contributed by atoms with Crippen molar-refractivity contribution >= 4 is 35.0 Å². The van der Waals surface area contributed by atoms with Gasteiger partial charge >= 0.3 is 0 Å². The molecule has 0 saturated heterocycles. The number of hydrogen-bond donors (Lipinski definition) is 3. The van der Waals surface area contributed by atoms with Crippen LogP contribution in [0.3, 0.4) is 0 Å². The molecule has 2 rings (SSSR count). The minimum atomic E-state index is -0.349. The summed E-state index contributed by atoms with van der Waals surface area (Å²) in [5, 5.41) is 8.57. The lowest BCUT2D eigenvalue weighted by Gasteiger charge is -2.11. The molecule has 0 aliphatic rings. The molecule has 3 amide bonds. The maximum absolute atomic E-state index is 12.0. The molecule has 154 valence electrons. The molecule has 0 aliphatic carbocycles. The zero-order chi connectivity index (χ0) is 21.2. The van der Waals surface area contributed by atoms with Gasteiger partial charge in [-0.3, -0.25) is 14.4 Å². The Hall–Kier alpha value is -3.06. The zero-order valence-electron chi connectivity index (χ0n) is 16.4. The van der Waals surface area contributed by atoms with E-state index in [0.717, 1.165) is 5.56 Å². The number of aryl methyl sites for hydroxylation is 1. The Labute approximate surface area is 174 Å². The second-order valence-corrected chi connectivity index (χ2v) is 6.83. The molecule has 7 nitrogen and oxygen atoms in total. The Morgan fingerprint density at radius 2 is 1.72 bits per heavy atom. The Kier molecular flexibility index (Phi) is 8.48. The number of rotatable bonds is 9. The molecule has 8 heteroatoms. The predicted molar refractivity (Wildman–Crippen MR) is 112 cm³/mol. The maximum Gasteiger partial charge on any atom is 0.251 e. The molecule has 0 heterocycles. The molecule has 0 unspecified atom stereocenters. The molecule has 3 N–H and O–H groups in total. The molecule has 0 bridgehead atoms. The first-order valence-corrected chi connectivity index (χ1v) is 9.52. The third kappa shape index (κ3) is 7.46. The van der Waals surface area contributed by atoms with E-state index < -0.39 is 0 Å². The summed E-state index contributed by atoms with van der Waals surface area (Å²) in [6.07, 6.45) is 0.653. The highest BCUT2D eigenvalue weighted by atomic mass is 35.5. The quantitative estimate of drug-likeness (QED) is 0.546.